The summed E-state index contributed by atoms with van der Waals surface area (Å²) in [6.07, 6.45) is 0. The van der Waals surface area contributed by atoms with E-state index < -0.39 is 15.2 Å². The average Bonchev–Trinajstić information content (AvgIpc) is 2.62. The molecule has 2 fully saturated rings. The molecule has 3 atom stereocenters. The molecule has 0 aromatic heterocycles. The van der Waals surface area contributed by atoms with Gasteiger partial charge in [-0.05, 0) is 12.5 Å². The quantitative estimate of drug-likeness (QED) is 0.622. The maximum Gasteiger partial charge on any atom is 0.187 e. The molecule has 2 N–H and O–H groups in total. The highest BCUT2D eigenvalue weighted by Crippen LogP contribution is 2.29. The van der Waals surface area contributed by atoms with Crippen LogP contribution in [-0.4, -0.2) is 33.4 Å². The molecule has 0 aromatic rings. The van der Waals surface area contributed by atoms with Crippen LogP contribution in [0.4, 0.5) is 0 Å². The summed E-state index contributed by atoms with van der Waals surface area (Å²) in [5, 5.41) is 6.91. The van der Waals surface area contributed by atoms with Gasteiger partial charge in [-0.15, -0.1) is 0 Å². The van der Waals surface area contributed by atoms with Crippen molar-refractivity contribution in [3.8, 4) is 0 Å². The Balaban J connectivity index is 2.22. The fraction of sp³-hybridized carbons (Fsp3) is 0.750. The third-order valence-corrected chi connectivity index (χ3v) is 4.64. The Morgan fingerprint density at radius 2 is 2.08 bits per heavy atom. The lowest BCUT2D eigenvalue weighted by Gasteiger charge is -2.15. The standard InChI is InChI=1S/C8H14N2O2S/c1-2-13(11,12)8-7-5-9-3-6(7)4-10-8/h2,6-10H,1,3-5H2. The molecule has 0 bridgehead atoms. The SMILES string of the molecule is C=CS(=O)(=O)C1NCC2CNCC21. The van der Waals surface area contributed by atoms with Gasteiger partial charge in [0, 0.05) is 24.4 Å². The second kappa shape index (κ2) is 3.08. The summed E-state index contributed by atoms with van der Waals surface area (Å²) in [6.45, 7) is 5.88. The van der Waals surface area contributed by atoms with Gasteiger partial charge in [-0.1, -0.05) is 6.58 Å². The van der Waals surface area contributed by atoms with E-state index in [2.05, 4.69) is 17.2 Å². The highest BCUT2D eigenvalue weighted by Gasteiger charge is 2.44. The van der Waals surface area contributed by atoms with Gasteiger partial charge in [-0.3, -0.25) is 0 Å². The monoisotopic (exact) mass is 202 g/mol. The Bertz CT molecular complexity index is 312. The van der Waals surface area contributed by atoms with Crippen molar-refractivity contribution in [3.63, 3.8) is 0 Å². The summed E-state index contributed by atoms with van der Waals surface area (Å²) in [4.78, 5) is 0. The fourth-order valence-corrected chi connectivity index (χ4v) is 3.56. The molecule has 4 nitrogen and oxygen atoms in total. The van der Waals surface area contributed by atoms with Gasteiger partial charge in [-0.2, -0.15) is 0 Å². The zero-order chi connectivity index (χ0) is 9.47. The van der Waals surface area contributed by atoms with Crippen LogP contribution in [0.5, 0.6) is 0 Å². The molecule has 0 amide bonds. The van der Waals surface area contributed by atoms with E-state index in [1.165, 1.54) is 0 Å². The van der Waals surface area contributed by atoms with Crippen LogP contribution >= 0.6 is 0 Å². The molecule has 2 saturated heterocycles. The fourth-order valence-electron chi connectivity index (χ4n) is 2.21. The second-order valence-electron chi connectivity index (χ2n) is 3.67. The van der Waals surface area contributed by atoms with Crippen LogP contribution in [0, 0.1) is 11.8 Å². The number of nitrogens with one attached hydrogen (secondary N) is 2. The van der Waals surface area contributed by atoms with Gasteiger partial charge in [0.25, 0.3) is 0 Å². The molecule has 0 aromatic carbocycles. The van der Waals surface area contributed by atoms with Crippen LogP contribution in [0.15, 0.2) is 12.0 Å². The van der Waals surface area contributed by atoms with Gasteiger partial charge in [-0.25, -0.2) is 8.42 Å². The van der Waals surface area contributed by atoms with E-state index in [-0.39, 0.29) is 5.92 Å². The first kappa shape index (κ1) is 9.18. The van der Waals surface area contributed by atoms with E-state index in [9.17, 15) is 8.42 Å². The second-order valence-corrected chi connectivity index (χ2v) is 5.69. The normalized spacial score (nSPS) is 38.9. The lowest BCUT2D eigenvalue weighted by atomic mass is 10.0. The van der Waals surface area contributed by atoms with Gasteiger partial charge in [0.2, 0.25) is 0 Å². The topological polar surface area (TPSA) is 58.2 Å². The van der Waals surface area contributed by atoms with Crippen molar-refractivity contribution < 1.29 is 8.42 Å². The van der Waals surface area contributed by atoms with Crippen LogP contribution in [0.2, 0.25) is 0 Å². The van der Waals surface area contributed by atoms with E-state index in [4.69, 9.17) is 0 Å². The number of sulfone groups is 1. The van der Waals surface area contributed by atoms with Crippen LogP contribution < -0.4 is 10.6 Å². The van der Waals surface area contributed by atoms with Crippen molar-refractivity contribution >= 4 is 9.84 Å². The van der Waals surface area contributed by atoms with Crippen LogP contribution in [0.1, 0.15) is 0 Å². The lowest BCUT2D eigenvalue weighted by molar-refractivity contribution is 0.493. The smallest absolute Gasteiger partial charge is 0.187 e. The first-order chi connectivity index (χ1) is 6.15. The molecule has 13 heavy (non-hydrogen) atoms. The minimum absolute atomic E-state index is 0.225. The first-order valence-electron chi connectivity index (χ1n) is 4.45. The largest absolute Gasteiger partial charge is 0.316 e. The van der Waals surface area contributed by atoms with Gasteiger partial charge in [0.15, 0.2) is 9.84 Å². The van der Waals surface area contributed by atoms with Crippen molar-refractivity contribution in [1.29, 1.82) is 0 Å². The van der Waals surface area contributed by atoms with Crippen LogP contribution in [0.25, 0.3) is 0 Å². The number of rotatable bonds is 2. The number of hydrogen-bond donors (Lipinski definition) is 2. The molecule has 2 aliphatic heterocycles. The third-order valence-electron chi connectivity index (χ3n) is 2.95. The molecule has 0 spiro atoms. The Kier molecular flexibility index (Phi) is 2.17. The number of fused-ring (bicyclic) bond motifs is 1. The number of hydrogen-bond acceptors (Lipinski definition) is 4. The van der Waals surface area contributed by atoms with E-state index in [0.717, 1.165) is 25.0 Å². The predicted molar refractivity (Wildman–Crippen MR) is 50.8 cm³/mol. The van der Waals surface area contributed by atoms with Gasteiger partial charge < -0.3 is 10.6 Å². The molecular formula is C8H14N2O2S. The maximum absolute atomic E-state index is 11.5. The third kappa shape index (κ3) is 1.41. The molecule has 74 valence electrons. The van der Waals surface area contributed by atoms with E-state index in [1.54, 1.807) is 0 Å². The Hall–Kier alpha value is -0.390. The summed E-state index contributed by atoms with van der Waals surface area (Å²) in [6, 6.07) is 0. The molecule has 0 saturated carbocycles. The molecule has 0 aliphatic carbocycles. The van der Waals surface area contributed by atoms with E-state index >= 15 is 0 Å². The van der Waals surface area contributed by atoms with Gasteiger partial charge >= 0.3 is 0 Å². The molecule has 3 unspecified atom stereocenters. The minimum Gasteiger partial charge on any atom is -0.316 e. The Morgan fingerprint density at radius 3 is 2.77 bits per heavy atom. The summed E-state index contributed by atoms with van der Waals surface area (Å²) in [7, 11) is -3.14. The maximum atomic E-state index is 11.5. The first-order valence-corrected chi connectivity index (χ1v) is 6.06. The average molecular weight is 202 g/mol. The van der Waals surface area contributed by atoms with Gasteiger partial charge in [0.05, 0.1) is 0 Å². The summed E-state index contributed by atoms with van der Waals surface area (Å²) >= 11 is 0. The van der Waals surface area contributed by atoms with Gasteiger partial charge in [0.1, 0.15) is 5.37 Å². The molecule has 2 aliphatic rings. The van der Waals surface area contributed by atoms with Crippen LogP contribution in [0.3, 0.4) is 0 Å². The molecule has 0 radical (unpaired) electrons. The summed E-state index contributed by atoms with van der Waals surface area (Å²) < 4.78 is 23.1. The van der Waals surface area contributed by atoms with Crippen molar-refractivity contribution in [1.82, 2.24) is 10.6 Å². The zero-order valence-corrected chi connectivity index (χ0v) is 8.18. The van der Waals surface area contributed by atoms with E-state index in [1.807, 2.05) is 0 Å². The molecule has 2 heterocycles. The molecule has 2 rings (SSSR count). The lowest BCUT2D eigenvalue weighted by Crippen LogP contribution is -2.36. The van der Waals surface area contributed by atoms with Crippen LogP contribution in [-0.2, 0) is 9.84 Å². The Labute approximate surface area is 78.3 Å². The molecular weight excluding hydrogens is 188 g/mol. The van der Waals surface area contributed by atoms with Crippen molar-refractivity contribution in [3.05, 3.63) is 12.0 Å². The van der Waals surface area contributed by atoms with E-state index in [0.29, 0.717) is 5.92 Å². The highest BCUT2D eigenvalue weighted by atomic mass is 32.2. The van der Waals surface area contributed by atoms with Crippen molar-refractivity contribution in [2.75, 3.05) is 19.6 Å². The van der Waals surface area contributed by atoms with Crippen molar-refractivity contribution in [2.24, 2.45) is 11.8 Å². The predicted octanol–water partition coefficient (Wildman–Crippen LogP) is -0.690. The minimum atomic E-state index is -3.14. The molecule has 5 heteroatoms. The van der Waals surface area contributed by atoms with Crippen molar-refractivity contribution in [2.45, 2.75) is 5.37 Å². The zero-order valence-electron chi connectivity index (χ0n) is 7.36. The highest BCUT2D eigenvalue weighted by molar-refractivity contribution is 7.94. The summed E-state index contributed by atoms with van der Waals surface area (Å²) in [5.41, 5.74) is 0. The summed E-state index contributed by atoms with van der Waals surface area (Å²) in [5.74, 6) is 0.697. The Morgan fingerprint density at radius 1 is 1.31 bits per heavy atom.